The van der Waals surface area contributed by atoms with Crippen LogP contribution in [0.15, 0.2) is 54.6 Å². The third-order valence-corrected chi connectivity index (χ3v) is 4.96. The van der Waals surface area contributed by atoms with Gasteiger partial charge >= 0.3 is 0 Å². The fourth-order valence-corrected chi connectivity index (χ4v) is 3.91. The molecule has 1 aliphatic heterocycles. The largest absolute Gasteiger partial charge is 0.340 e. The van der Waals surface area contributed by atoms with Gasteiger partial charge in [0.05, 0.1) is 0 Å². The monoisotopic (exact) mass is 304 g/mol. The number of rotatable bonds is 4. The van der Waals surface area contributed by atoms with E-state index in [1.54, 1.807) is 11.3 Å². The normalized spacial score (nSPS) is 15.0. The van der Waals surface area contributed by atoms with Gasteiger partial charge in [0.25, 0.3) is 0 Å². The van der Waals surface area contributed by atoms with Crippen LogP contribution < -0.4 is 0 Å². The van der Waals surface area contributed by atoms with Gasteiger partial charge in [-0.25, -0.2) is 0 Å². The highest BCUT2D eigenvalue weighted by Gasteiger charge is 2.23. The lowest BCUT2D eigenvalue weighted by Crippen LogP contribution is -2.31. The second kappa shape index (κ2) is 6.21. The topological polar surface area (TPSA) is 8.17 Å². The Balaban J connectivity index is 1.79. The van der Waals surface area contributed by atoms with E-state index < -0.39 is 0 Å². The van der Waals surface area contributed by atoms with Crippen LogP contribution >= 0.6 is 0 Å². The van der Waals surface area contributed by atoms with E-state index in [4.69, 9.17) is 0 Å². The fourth-order valence-electron chi connectivity index (χ4n) is 3.91. The Kier molecular flexibility index (Phi) is 3.92. The fraction of sp³-hybridized carbons (Fsp3) is 0.333. The molecule has 2 heterocycles. The summed E-state index contributed by atoms with van der Waals surface area (Å²) < 4.78 is 2.54. The van der Waals surface area contributed by atoms with Gasteiger partial charge in [0.1, 0.15) is 0 Å². The van der Waals surface area contributed by atoms with Crippen LogP contribution in [0.3, 0.4) is 0 Å². The van der Waals surface area contributed by atoms with Crippen molar-refractivity contribution in [1.82, 2.24) is 9.47 Å². The zero-order chi connectivity index (χ0) is 15.6. The summed E-state index contributed by atoms with van der Waals surface area (Å²) in [7, 11) is 0. The van der Waals surface area contributed by atoms with Crippen LogP contribution in [0.2, 0.25) is 0 Å². The predicted octanol–water partition coefficient (Wildman–Crippen LogP) is 4.46. The second-order valence-electron chi connectivity index (χ2n) is 6.54. The molecule has 0 saturated heterocycles. The average molecular weight is 304 g/mol. The van der Waals surface area contributed by atoms with E-state index in [1.165, 1.54) is 36.0 Å². The highest BCUT2D eigenvalue weighted by molar-refractivity contribution is 5.86. The molecule has 0 amide bonds. The molecule has 3 aromatic rings. The van der Waals surface area contributed by atoms with E-state index in [0.717, 1.165) is 19.5 Å². The van der Waals surface area contributed by atoms with E-state index in [-0.39, 0.29) is 0 Å². The highest BCUT2D eigenvalue weighted by Crippen LogP contribution is 2.31. The van der Waals surface area contributed by atoms with Crippen molar-refractivity contribution in [2.75, 3.05) is 13.1 Å². The van der Waals surface area contributed by atoms with Crippen LogP contribution in [0, 0.1) is 0 Å². The lowest BCUT2D eigenvalue weighted by Gasteiger charge is -2.27. The van der Waals surface area contributed by atoms with Crippen LogP contribution in [0.25, 0.3) is 10.9 Å². The molecule has 0 bridgehead atoms. The van der Waals surface area contributed by atoms with E-state index in [9.17, 15) is 0 Å². The van der Waals surface area contributed by atoms with Gasteiger partial charge in [-0.05, 0) is 30.2 Å². The third kappa shape index (κ3) is 2.68. The molecule has 0 unspecified atom stereocenters. The zero-order valence-electron chi connectivity index (χ0n) is 13.8. The molecular weight excluding hydrogens is 280 g/mol. The van der Waals surface area contributed by atoms with Crippen molar-refractivity contribution in [1.29, 1.82) is 0 Å². The van der Waals surface area contributed by atoms with Crippen LogP contribution in [-0.4, -0.2) is 22.6 Å². The molecule has 0 spiro atoms. The number of nitrogens with zero attached hydrogens (tertiary/aromatic N) is 2. The maximum atomic E-state index is 2.60. The molecule has 0 saturated carbocycles. The first kappa shape index (κ1) is 14.5. The molecule has 0 fully saturated rings. The van der Waals surface area contributed by atoms with Gasteiger partial charge in [0.15, 0.2) is 0 Å². The third-order valence-electron chi connectivity index (χ3n) is 4.96. The average Bonchev–Trinajstić information content (AvgIpc) is 2.90. The van der Waals surface area contributed by atoms with Gasteiger partial charge in [-0.15, -0.1) is 0 Å². The first-order valence-corrected chi connectivity index (χ1v) is 8.72. The molecule has 1 aromatic heterocycles. The first-order valence-electron chi connectivity index (χ1n) is 8.72. The summed E-state index contributed by atoms with van der Waals surface area (Å²) in [4.78, 5) is 2.60. The molecular formula is C21H24N2. The molecule has 1 aliphatic rings. The Morgan fingerprint density at radius 1 is 0.957 bits per heavy atom. The summed E-state index contributed by atoms with van der Waals surface area (Å²) in [6, 6.07) is 19.7. The summed E-state index contributed by atoms with van der Waals surface area (Å²) in [5.41, 5.74) is 5.87. The molecule has 0 radical (unpaired) electrons. The second-order valence-corrected chi connectivity index (χ2v) is 6.54. The van der Waals surface area contributed by atoms with E-state index in [0.29, 0.717) is 0 Å². The Morgan fingerprint density at radius 2 is 1.74 bits per heavy atom. The number of hydrogen-bond acceptors (Lipinski definition) is 1. The van der Waals surface area contributed by atoms with Crippen molar-refractivity contribution >= 4 is 10.9 Å². The van der Waals surface area contributed by atoms with E-state index >= 15 is 0 Å². The lowest BCUT2D eigenvalue weighted by molar-refractivity contribution is 0.253. The first-order chi connectivity index (χ1) is 11.4. The van der Waals surface area contributed by atoms with E-state index in [1.807, 2.05) is 0 Å². The van der Waals surface area contributed by atoms with Crippen molar-refractivity contribution in [3.63, 3.8) is 0 Å². The summed E-state index contributed by atoms with van der Waals surface area (Å²) in [5.74, 6) is 0. The highest BCUT2D eigenvalue weighted by atomic mass is 15.1. The number of para-hydroxylation sites is 1. The molecule has 2 nitrogen and oxygen atoms in total. The maximum absolute atomic E-state index is 2.60. The van der Waals surface area contributed by atoms with Gasteiger partial charge in [-0.2, -0.15) is 0 Å². The quantitative estimate of drug-likeness (QED) is 0.691. The minimum atomic E-state index is 0.977. The number of benzene rings is 2. The molecule has 0 atom stereocenters. The molecule has 2 aromatic carbocycles. The van der Waals surface area contributed by atoms with Crippen molar-refractivity contribution in [3.8, 4) is 0 Å². The zero-order valence-corrected chi connectivity index (χ0v) is 13.8. The van der Waals surface area contributed by atoms with Gasteiger partial charge in [0, 0.05) is 42.7 Å². The lowest BCUT2D eigenvalue weighted by atomic mass is 10.0. The van der Waals surface area contributed by atoms with Gasteiger partial charge in [-0.3, -0.25) is 4.90 Å². The molecule has 118 valence electrons. The van der Waals surface area contributed by atoms with Crippen LogP contribution in [0.5, 0.6) is 0 Å². The summed E-state index contributed by atoms with van der Waals surface area (Å²) >= 11 is 0. The van der Waals surface area contributed by atoms with Gasteiger partial charge in [0.2, 0.25) is 0 Å². The SMILES string of the molecule is CCCN1CCc2c(c3ccccc3n2Cc2ccccc2)C1. The summed E-state index contributed by atoms with van der Waals surface area (Å²) in [6.07, 6.45) is 2.40. The standard InChI is InChI=1S/C21H24N2/c1-2-13-22-14-12-21-19(16-22)18-10-6-7-11-20(18)23(21)15-17-8-4-3-5-9-17/h3-11H,2,12-16H2,1H3. The molecule has 0 aliphatic carbocycles. The number of fused-ring (bicyclic) bond motifs is 3. The van der Waals surface area contributed by atoms with Gasteiger partial charge < -0.3 is 4.57 Å². The van der Waals surface area contributed by atoms with E-state index in [2.05, 4.69) is 71.0 Å². The maximum Gasteiger partial charge on any atom is 0.0489 e. The summed E-state index contributed by atoms with van der Waals surface area (Å²) in [6.45, 7) is 6.74. The molecule has 23 heavy (non-hydrogen) atoms. The smallest absolute Gasteiger partial charge is 0.0489 e. The van der Waals surface area contributed by atoms with Gasteiger partial charge in [-0.1, -0.05) is 55.5 Å². The van der Waals surface area contributed by atoms with Crippen molar-refractivity contribution in [2.45, 2.75) is 32.9 Å². The Labute approximate surface area is 138 Å². The van der Waals surface area contributed by atoms with Crippen molar-refractivity contribution in [2.24, 2.45) is 0 Å². The van der Waals surface area contributed by atoms with Crippen LogP contribution in [-0.2, 0) is 19.5 Å². The Morgan fingerprint density at radius 3 is 2.57 bits per heavy atom. The van der Waals surface area contributed by atoms with Crippen molar-refractivity contribution in [3.05, 3.63) is 71.4 Å². The Hall–Kier alpha value is -2.06. The predicted molar refractivity (Wildman–Crippen MR) is 96.8 cm³/mol. The summed E-state index contributed by atoms with van der Waals surface area (Å²) in [5, 5.41) is 1.44. The number of aromatic nitrogens is 1. The molecule has 0 N–H and O–H groups in total. The minimum absolute atomic E-state index is 0.977. The minimum Gasteiger partial charge on any atom is -0.340 e. The molecule has 4 rings (SSSR count). The van der Waals surface area contributed by atoms with Crippen molar-refractivity contribution < 1.29 is 0 Å². The number of hydrogen-bond donors (Lipinski definition) is 0. The Bertz CT molecular complexity index is 801. The van der Waals surface area contributed by atoms with Crippen LogP contribution in [0.4, 0.5) is 0 Å². The van der Waals surface area contributed by atoms with Crippen LogP contribution in [0.1, 0.15) is 30.2 Å². The molecule has 2 heteroatoms.